The van der Waals surface area contributed by atoms with Crippen LogP contribution >= 0.6 is 0 Å². The SMILES string of the molecule is Cc1nc(C)c(C(=O)N2CCC3(CC2)CNC(=O)C3)o1. The maximum absolute atomic E-state index is 12.4. The van der Waals surface area contributed by atoms with Crippen molar-refractivity contribution < 1.29 is 14.0 Å². The number of hydrogen-bond acceptors (Lipinski definition) is 4. The van der Waals surface area contributed by atoms with Crippen molar-refractivity contribution in [1.82, 2.24) is 15.2 Å². The molecule has 108 valence electrons. The minimum atomic E-state index is -0.0877. The minimum Gasteiger partial charge on any atom is -0.436 e. The zero-order valence-corrected chi connectivity index (χ0v) is 11.9. The Labute approximate surface area is 117 Å². The molecule has 6 nitrogen and oxygen atoms in total. The van der Waals surface area contributed by atoms with E-state index in [0.717, 1.165) is 19.4 Å². The topological polar surface area (TPSA) is 75.4 Å². The molecule has 6 heteroatoms. The van der Waals surface area contributed by atoms with Crippen molar-refractivity contribution in [2.45, 2.75) is 33.1 Å². The lowest BCUT2D eigenvalue weighted by Crippen LogP contribution is -2.44. The molecule has 1 aromatic rings. The van der Waals surface area contributed by atoms with Gasteiger partial charge < -0.3 is 14.6 Å². The van der Waals surface area contributed by atoms with Gasteiger partial charge in [0.2, 0.25) is 11.7 Å². The van der Waals surface area contributed by atoms with Crippen LogP contribution in [-0.2, 0) is 4.79 Å². The first-order chi connectivity index (χ1) is 9.49. The van der Waals surface area contributed by atoms with E-state index >= 15 is 0 Å². The standard InChI is InChI=1S/C14H19N3O3/c1-9-12(20-10(2)16-9)13(19)17-5-3-14(4-6-17)7-11(18)15-8-14/h3-8H2,1-2H3,(H,15,18). The summed E-state index contributed by atoms with van der Waals surface area (Å²) in [7, 11) is 0. The highest BCUT2D eigenvalue weighted by atomic mass is 16.4. The number of carbonyl (C=O) groups excluding carboxylic acids is 2. The van der Waals surface area contributed by atoms with Crippen molar-refractivity contribution in [2.24, 2.45) is 5.41 Å². The van der Waals surface area contributed by atoms with E-state index in [1.54, 1.807) is 18.7 Å². The summed E-state index contributed by atoms with van der Waals surface area (Å²) in [5.41, 5.74) is 0.700. The maximum atomic E-state index is 12.4. The minimum absolute atomic E-state index is 0.0558. The maximum Gasteiger partial charge on any atom is 0.291 e. The van der Waals surface area contributed by atoms with Crippen LogP contribution in [0.25, 0.3) is 0 Å². The molecule has 0 aliphatic carbocycles. The molecular formula is C14H19N3O3. The van der Waals surface area contributed by atoms with Gasteiger partial charge in [-0.2, -0.15) is 0 Å². The van der Waals surface area contributed by atoms with E-state index in [4.69, 9.17) is 4.42 Å². The summed E-state index contributed by atoms with van der Waals surface area (Å²) in [4.78, 5) is 29.7. The third-order valence-electron chi connectivity index (χ3n) is 4.41. The number of nitrogens with one attached hydrogen (secondary N) is 1. The van der Waals surface area contributed by atoms with Crippen molar-refractivity contribution in [1.29, 1.82) is 0 Å². The first kappa shape index (κ1) is 13.1. The van der Waals surface area contributed by atoms with Gasteiger partial charge in [0.15, 0.2) is 5.89 Å². The molecule has 0 radical (unpaired) electrons. The molecule has 0 atom stereocenters. The Balaban J connectivity index is 1.68. The highest BCUT2D eigenvalue weighted by Crippen LogP contribution is 2.37. The van der Waals surface area contributed by atoms with Crippen LogP contribution in [0.2, 0.25) is 0 Å². The number of nitrogens with zero attached hydrogens (tertiary/aromatic N) is 2. The van der Waals surface area contributed by atoms with E-state index in [0.29, 0.717) is 36.9 Å². The quantitative estimate of drug-likeness (QED) is 0.832. The smallest absolute Gasteiger partial charge is 0.291 e. The fourth-order valence-corrected chi connectivity index (χ4v) is 3.16. The molecule has 2 aliphatic heterocycles. The van der Waals surface area contributed by atoms with Crippen molar-refractivity contribution in [3.8, 4) is 0 Å². The number of likely N-dealkylation sites (tertiary alicyclic amines) is 1. The largest absolute Gasteiger partial charge is 0.436 e. The molecule has 2 aliphatic rings. The monoisotopic (exact) mass is 277 g/mol. The van der Waals surface area contributed by atoms with Crippen LogP contribution in [0.15, 0.2) is 4.42 Å². The van der Waals surface area contributed by atoms with Gasteiger partial charge in [0, 0.05) is 33.0 Å². The zero-order valence-electron chi connectivity index (χ0n) is 11.9. The van der Waals surface area contributed by atoms with Crippen LogP contribution in [0.4, 0.5) is 0 Å². The van der Waals surface area contributed by atoms with E-state index in [1.165, 1.54) is 0 Å². The lowest BCUT2D eigenvalue weighted by molar-refractivity contribution is -0.119. The number of aryl methyl sites for hydroxylation is 2. The number of carbonyl (C=O) groups is 2. The summed E-state index contributed by atoms with van der Waals surface area (Å²) in [5, 5.41) is 2.90. The second-order valence-electron chi connectivity index (χ2n) is 5.89. The average Bonchev–Trinajstić information content (AvgIpc) is 2.93. The van der Waals surface area contributed by atoms with Crippen LogP contribution < -0.4 is 5.32 Å². The summed E-state index contributed by atoms with van der Waals surface area (Å²) in [5.74, 6) is 0.908. The van der Waals surface area contributed by atoms with Gasteiger partial charge in [0.1, 0.15) is 0 Å². The normalized spacial score (nSPS) is 21.3. The molecule has 1 aromatic heterocycles. The number of amides is 2. The first-order valence-corrected chi connectivity index (χ1v) is 6.99. The van der Waals surface area contributed by atoms with Crippen molar-refractivity contribution in [3.05, 3.63) is 17.3 Å². The second kappa shape index (κ2) is 4.61. The van der Waals surface area contributed by atoms with Gasteiger partial charge in [-0.3, -0.25) is 9.59 Å². The summed E-state index contributed by atoms with van der Waals surface area (Å²) in [6, 6.07) is 0. The molecule has 2 amide bonds. The molecular weight excluding hydrogens is 258 g/mol. The zero-order chi connectivity index (χ0) is 14.3. The van der Waals surface area contributed by atoms with Gasteiger partial charge in [-0.05, 0) is 25.2 Å². The van der Waals surface area contributed by atoms with E-state index < -0.39 is 0 Å². The second-order valence-corrected chi connectivity index (χ2v) is 5.89. The van der Waals surface area contributed by atoms with Gasteiger partial charge in [0.25, 0.3) is 5.91 Å². The molecule has 2 saturated heterocycles. The third-order valence-corrected chi connectivity index (χ3v) is 4.41. The Bertz CT molecular complexity index is 556. The number of oxazole rings is 1. The highest BCUT2D eigenvalue weighted by Gasteiger charge is 2.42. The van der Waals surface area contributed by atoms with Crippen molar-refractivity contribution in [3.63, 3.8) is 0 Å². The highest BCUT2D eigenvalue weighted by molar-refractivity contribution is 5.92. The van der Waals surface area contributed by atoms with E-state index in [9.17, 15) is 9.59 Å². The number of hydrogen-bond donors (Lipinski definition) is 1. The Hall–Kier alpha value is -1.85. The fourth-order valence-electron chi connectivity index (χ4n) is 3.16. The summed E-state index contributed by atoms with van der Waals surface area (Å²) >= 11 is 0. The van der Waals surface area contributed by atoms with Gasteiger partial charge in [-0.15, -0.1) is 0 Å². The molecule has 0 bridgehead atoms. The summed E-state index contributed by atoms with van der Waals surface area (Å²) in [6.45, 7) is 5.62. The number of aromatic nitrogens is 1. The van der Waals surface area contributed by atoms with E-state index in [1.807, 2.05) is 0 Å². The third kappa shape index (κ3) is 2.19. The van der Waals surface area contributed by atoms with Crippen molar-refractivity contribution in [2.75, 3.05) is 19.6 Å². The molecule has 1 N–H and O–H groups in total. The predicted molar refractivity (Wildman–Crippen MR) is 71.2 cm³/mol. The van der Waals surface area contributed by atoms with E-state index in [-0.39, 0.29) is 17.2 Å². The average molecular weight is 277 g/mol. The Morgan fingerprint density at radius 2 is 2.05 bits per heavy atom. The lowest BCUT2D eigenvalue weighted by atomic mass is 9.77. The predicted octanol–water partition coefficient (Wildman–Crippen LogP) is 1.03. The number of rotatable bonds is 1. The van der Waals surface area contributed by atoms with Crippen LogP contribution in [0.5, 0.6) is 0 Å². The summed E-state index contributed by atoms with van der Waals surface area (Å²) in [6.07, 6.45) is 2.32. The summed E-state index contributed by atoms with van der Waals surface area (Å²) < 4.78 is 5.39. The van der Waals surface area contributed by atoms with Gasteiger partial charge in [-0.25, -0.2) is 4.98 Å². The number of piperidine rings is 1. The molecule has 0 unspecified atom stereocenters. The Morgan fingerprint density at radius 1 is 1.35 bits per heavy atom. The Kier molecular flexibility index (Phi) is 3.03. The van der Waals surface area contributed by atoms with Crippen LogP contribution in [0.1, 0.15) is 41.4 Å². The first-order valence-electron chi connectivity index (χ1n) is 6.99. The molecule has 3 rings (SSSR count). The molecule has 0 saturated carbocycles. The Morgan fingerprint density at radius 3 is 2.55 bits per heavy atom. The van der Waals surface area contributed by atoms with E-state index in [2.05, 4.69) is 10.3 Å². The van der Waals surface area contributed by atoms with Crippen molar-refractivity contribution >= 4 is 11.8 Å². The van der Waals surface area contributed by atoms with Crippen LogP contribution in [-0.4, -0.2) is 41.3 Å². The molecule has 1 spiro atoms. The molecule has 3 heterocycles. The van der Waals surface area contributed by atoms with Gasteiger partial charge >= 0.3 is 0 Å². The van der Waals surface area contributed by atoms with Gasteiger partial charge in [0.05, 0.1) is 5.69 Å². The molecule has 0 aromatic carbocycles. The van der Waals surface area contributed by atoms with Gasteiger partial charge in [-0.1, -0.05) is 0 Å². The molecule has 2 fully saturated rings. The lowest BCUT2D eigenvalue weighted by Gasteiger charge is -2.37. The fraction of sp³-hybridized carbons (Fsp3) is 0.643. The van der Waals surface area contributed by atoms with Crippen LogP contribution in [0, 0.1) is 19.3 Å². The molecule has 20 heavy (non-hydrogen) atoms. The van der Waals surface area contributed by atoms with Crippen LogP contribution in [0.3, 0.4) is 0 Å².